The number of aliphatic hydroxyl groups is 3. The predicted molar refractivity (Wildman–Crippen MR) is 67.4 cm³/mol. The molecule has 12 heteroatoms. The lowest BCUT2D eigenvalue weighted by Gasteiger charge is -2.22. The summed E-state index contributed by atoms with van der Waals surface area (Å²) >= 11 is 0. The number of carbonyl (C=O) groups excluding carboxylic acids is 5. The fourth-order valence-electron chi connectivity index (χ4n) is 1.97. The van der Waals surface area contributed by atoms with E-state index in [1.54, 1.807) is 0 Å². The van der Waals surface area contributed by atoms with Crippen LogP contribution in [0.2, 0.25) is 0 Å². The normalized spacial score (nSPS) is 23.5. The van der Waals surface area contributed by atoms with Crippen LogP contribution in [0, 0.1) is 0 Å². The number of hydrogen-bond acceptors (Lipinski definition) is 10. The monoisotopic (exact) mass is 346 g/mol. The second-order valence-corrected chi connectivity index (χ2v) is 5.03. The SMILES string of the molecule is O=C(ON1C(=O)CCC1=O)[C@H](O)[C@@H](O)C(=O)ON1C(=O)CCC1O. The molecule has 3 atom stereocenters. The third kappa shape index (κ3) is 3.50. The maximum atomic E-state index is 11.6. The van der Waals surface area contributed by atoms with Gasteiger partial charge in [0.05, 0.1) is 0 Å². The number of aliphatic hydroxyl groups excluding tert-OH is 3. The highest BCUT2D eigenvalue weighted by Crippen LogP contribution is 2.18. The van der Waals surface area contributed by atoms with E-state index in [1.807, 2.05) is 0 Å². The van der Waals surface area contributed by atoms with Gasteiger partial charge >= 0.3 is 11.9 Å². The Balaban J connectivity index is 1.92. The molecule has 1 unspecified atom stereocenters. The molecule has 2 aliphatic heterocycles. The van der Waals surface area contributed by atoms with Gasteiger partial charge in [-0.15, -0.1) is 10.1 Å². The van der Waals surface area contributed by atoms with Crippen molar-refractivity contribution in [2.24, 2.45) is 0 Å². The second kappa shape index (κ2) is 6.90. The first-order chi connectivity index (χ1) is 11.2. The van der Waals surface area contributed by atoms with Crippen molar-refractivity contribution in [3.8, 4) is 0 Å². The summed E-state index contributed by atoms with van der Waals surface area (Å²) < 4.78 is 0. The van der Waals surface area contributed by atoms with Crippen LogP contribution in [0.4, 0.5) is 0 Å². The van der Waals surface area contributed by atoms with Crippen LogP contribution in [0.15, 0.2) is 0 Å². The van der Waals surface area contributed by atoms with Gasteiger partial charge in [-0.25, -0.2) is 9.59 Å². The van der Waals surface area contributed by atoms with Gasteiger partial charge in [-0.3, -0.25) is 14.4 Å². The number of hydrogen-bond donors (Lipinski definition) is 3. The Kier molecular flexibility index (Phi) is 5.11. The number of carbonyl (C=O) groups is 5. The largest absolute Gasteiger partial charge is 0.379 e. The molecular formula is C12H14N2O10. The van der Waals surface area contributed by atoms with Crippen LogP contribution in [-0.2, 0) is 33.6 Å². The van der Waals surface area contributed by atoms with Gasteiger partial charge in [-0.1, -0.05) is 0 Å². The smallest absolute Gasteiger partial charge is 0.364 e. The molecule has 2 aliphatic rings. The van der Waals surface area contributed by atoms with Gasteiger partial charge in [0, 0.05) is 25.7 Å². The molecule has 3 N–H and O–H groups in total. The first-order valence-corrected chi connectivity index (χ1v) is 6.88. The van der Waals surface area contributed by atoms with Crippen molar-refractivity contribution in [3.63, 3.8) is 0 Å². The van der Waals surface area contributed by atoms with Crippen LogP contribution < -0.4 is 0 Å². The fourth-order valence-corrected chi connectivity index (χ4v) is 1.97. The number of nitrogens with zero attached hydrogens (tertiary/aromatic N) is 2. The lowest BCUT2D eigenvalue weighted by molar-refractivity contribution is -0.232. The maximum Gasteiger partial charge on any atom is 0.364 e. The molecule has 2 rings (SSSR count). The summed E-state index contributed by atoms with van der Waals surface area (Å²) in [6.45, 7) is 0. The zero-order valence-corrected chi connectivity index (χ0v) is 12.2. The third-order valence-electron chi connectivity index (χ3n) is 3.29. The second-order valence-electron chi connectivity index (χ2n) is 5.03. The highest BCUT2D eigenvalue weighted by Gasteiger charge is 2.41. The van der Waals surface area contributed by atoms with Crippen LogP contribution in [-0.4, -0.2) is 73.5 Å². The summed E-state index contributed by atoms with van der Waals surface area (Å²) in [6.07, 6.45) is -6.79. The van der Waals surface area contributed by atoms with Crippen molar-refractivity contribution in [2.45, 2.75) is 44.1 Å². The van der Waals surface area contributed by atoms with E-state index < -0.39 is 48.1 Å². The van der Waals surface area contributed by atoms with Gasteiger partial charge < -0.3 is 25.0 Å². The van der Waals surface area contributed by atoms with E-state index in [1.165, 1.54) is 0 Å². The molecule has 0 bridgehead atoms. The maximum absolute atomic E-state index is 11.6. The fraction of sp³-hybridized carbons (Fsp3) is 0.583. The lowest BCUT2D eigenvalue weighted by Crippen LogP contribution is -2.47. The molecule has 2 heterocycles. The molecule has 0 aromatic carbocycles. The zero-order valence-electron chi connectivity index (χ0n) is 12.2. The van der Waals surface area contributed by atoms with Gasteiger partial charge in [0.25, 0.3) is 17.7 Å². The van der Waals surface area contributed by atoms with Gasteiger partial charge in [-0.2, -0.15) is 0 Å². The standard InChI is InChI=1S/C12H14N2O10/c15-5-1-2-6(16)13(5)23-11(21)9(19)10(20)12(22)24-14-7(17)3-4-8(14)18/h5,9-10,15,19-20H,1-4H2/t5?,9-,10-/m1/s1. The molecule has 2 fully saturated rings. The van der Waals surface area contributed by atoms with Gasteiger partial charge in [-0.05, 0) is 0 Å². The van der Waals surface area contributed by atoms with Crippen LogP contribution in [0.25, 0.3) is 0 Å². The van der Waals surface area contributed by atoms with Crippen LogP contribution in [0.5, 0.6) is 0 Å². The Morgan fingerprint density at radius 1 is 0.917 bits per heavy atom. The van der Waals surface area contributed by atoms with E-state index in [-0.39, 0.29) is 30.7 Å². The molecular weight excluding hydrogens is 332 g/mol. The third-order valence-corrected chi connectivity index (χ3v) is 3.29. The van der Waals surface area contributed by atoms with Gasteiger partial charge in [0.15, 0.2) is 18.4 Å². The molecule has 0 aromatic rings. The first-order valence-electron chi connectivity index (χ1n) is 6.88. The van der Waals surface area contributed by atoms with E-state index in [9.17, 15) is 39.3 Å². The molecule has 3 amide bonds. The minimum absolute atomic E-state index is 0.00594. The summed E-state index contributed by atoms with van der Waals surface area (Å²) in [5.41, 5.74) is 0. The average molecular weight is 346 g/mol. The average Bonchev–Trinajstić information content (AvgIpc) is 3.03. The lowest BCUT2D eigenvalue weighted by atomic mass is 10.2. The molecule has 12 nitrogen and oxygen atoms in total. The van der Waals surface area contributed by atoms with Crippen molar-refractivity contribution in [1.82, 2.24) is 10.1 Å². The van der Waals surface area contributed by atoms with Crippen LogP contribution in [0.3, 0.4) is 0 Å². The number of hydroxylamine groups is 4. The Morgan fingerprint density at radius 2 is 1.42 bits per heavy atom. The highest BCUT2D eigenvalue weighted by atomic mass is 16.7. The first kappa shape index (κ1) is 17.8. The van der Waals surface area contributed by atoms with E-state index in [4.69, 9.17) is 0 Å². The van der Waals surface area contributed by atoms with Gasteiger partial charge in [0.1, 0.15) is 0 Å². The van der Waals surface area contributed by atoms with Crippen LogP contribution >= 0.6 is 0 Å². The van der Waals surface area contributed by atoms with Gasteiger partial charge in [0.2, 0.25) is 0 Å². The topological polar surface area (TPSA) is 171 Å². The highest BCUT2D eigenvalue weighted by molar-refractivity contribution is 6.02. The zero-order chi connectivity index (χ0) is 18.0. The summed E-state index contributed by atoms with van der Waals surface area (Å²) in [6, 6.07) is 0. The van der Waals surface area contributed by atoms with Crippen molar-refractivity contribution >= 4 is 29.7 Å². The Labute approximate surface area is 134 Å². The number of amides is 3. The molecule has 0 spiro atoms. The molecule has 0 aromatic heterocycles. The van der Waals surface area contributed by atoms with Crippen LogP contribution in [0.1, 0.15) is 25.7 Å². The van der Waals surface area contributed by atoms with E-state index in [0.717, 1.165) is 0 Å². The Morgan fingerprint density at radius 3 is 1.88 bits per heavy atom. The summed E-state index contributed by atoms with van der Waals surface area (Å²) in [4.78, 5) is 65.8. The Hall–Kier alpha value is -2.57. The molecule has 0 saturated carbocycles. The van der Waals surface area contributed by atoms with E-state index in [2.05, 4.69) is 9.68 Å². The number of imide groups is 1. The van der Waals surface area contributed by atoms with Crippen molar-refractivity contribution in [1.29, 1.82) is 0 Å². The molecule has 24 heavy (non-hydrogen) atoms. The van der Waals surface area contributed by atoms with E-state index in [0.29, 0.717) is 5.06 Å². The molecule has 2 saturated heterocycles. The van der Waals surface area contributed by atoms with E-state index >= 15 is 0 Å². The number of rotatable bonds is 5. The quantitative estimate of drug-likeness (QED) is 0.428. The molecule has 0 aliphatic carbocycles. The minimum Gasteiger partial charge on any atom is -0.379 e. The van der Waals surface area contributed by atoms with Crippen molar-refractivity contribution < 1.29 is 49.0 Å². The summed E-state index contributed by atoms with van der Waals surface area (Å²) in [5, 5.41) is 28.9. The van der Waals surface area contributed by atoms with Crippen molar-refractivity contribution in [2.75, 3.05) is 0 Å². The molecule has 132 valence electrons. The summed E-state index contributed by atoms with van der Waals surface area (Å²) in [5.74, 6) is -5.61. The predicted octanol–water partition coefficient (Wildman–Crippen LogP) is -3.29. The van der Waals surface area contributed by atoms with Crippen molar-refractivity contribution in [3.05, 3.63) is 0 Å². The summed E-state index contributed by atoms with van der Waals surface area (Å²) in [7, 11) is 0. The minimum atomic E-state index is -2.48. The Bertz CT molecular complexity index is 574. The molecule has 0 radical (unpaired) electrons.